The third-order valence-electron chi connectivity index (χ3n) is 3.79. The average Bonchev–Trinajstić information content (AvgIpc) is 2.49. The SMILES string of the molecule is Cc1ccc(OCC(=O)NC2(C#N)CCSCC2)cc1C. The van der Waals surface area contributed by atoms with Gasteiger partial charge in [-0.15, -0.1) is 0 Å². The van der Waals surface area contributed by atoms with E-state index in [1.807, 2.05) is 43.8 Å². The highest BCUT2D eigenvalue weighted by Gasteiger charge is 2.33. The lowest BCUT2D eigenvalue weighted by Gasteiger charge is -2.31. The average molecular weight is 304 g/mol. The number of ether oxygens (including phenoxy) is 1. The zero-order valence-corrected chi connectivity index (χ0v) is 13.3. The fourth-order valence-electron chi connectivity index (χ4n) is 2.24. The van der Waals surface area contributed by atoms with Crippen LogP contribution in [0.3, 0.4) is 0 Å². The van der Waals surface area contributed by atoms with E-state index in [9.17, 15) is 10.1 Å². The van der Waals surface area contributed by atoms with E-state index in [0.717, 1.165) is 17.1 Å². The van der Waals surface area contributed by atoms with Gasteiger partial charge in [0.15, 0.2) is 6.61 Å². The van der Waals surface area contributed by atoms with Gasteiger partial charge in [-0.05, 0) is 61.5 Å². The Hall–Kier alpha value is -1.67. The molecule has 0 bridgehead atoms. The number of carbonyl (C=O) groups is 1. The van der Waals surface area contributed by atoms with Crippen LogP contribution in [0.5, 0.6) is 5.75 Å². The molecule has 21 heavy (non-hydrogen) atoms. The van der Waals surface area contributed by atoms with Gasteiger partial charge >= 0.3 is 0 Å². The number of amides is 1. The van der Waals surface area contributed by atoms with E-state index in [0.29, 0.717) is 18.6 Å². The van der Waals surface area contributed by atoms with Crippen molar-refractivity contribution in [2.45, 2.75) is 32.2 Å². The van der Waals surface area contributed by atoms with Gasteiger partial charge in [-0.25, -0.2) is 0 Å². The Labute approximate surface area is 129 Å². The molecule has 0 unspecified atom stereocenters. The molecule has 112 valence electrons. The number of benzene rings is 1. The number of hydrogen-bond donors (Lipinski definition) is 1. The van der Waals surface area contributed by atoms with Crippen molar-refractivity contribution in [3.63, 3.8) is 0 Å². The van der Waals surface area contributed by atoms with Crippen molar-refractivity contribution in [2.75, 3.05) is 18.1 Å². The number of nitrogens with zero attached hydrogens (tertiary/aromatic N) is 1. The summed E-state index contributed by atoms with van der Waals surface area (Å²) in [6, 6.07) is 8.00. The van der Waals surface area contributed by atoms with Crippen LogP contribution in [-0.4, -0.2) is 29.6 Å². The standard InChI is InChI=1S/C16H20N2O2S/c1-12-3-4-14(9-13(12)2)20-10-15(19)18-16(11-17)5-7-21-8-6-16/h3-4,9H,5-8,10H2,1-2H3,(H,18,19). The molecule has 1 aliphatic rings. The van der Waals surface area contributed by atoms with Crippen LogP contribution in [0.15, 0.2) is 18.2 Å². The molecule has 1 amide bonds. The maximum atomic E-state index is 12.0. The van der Waals surface area contributed by atoms with Crippen molar-refractivity contribution >= 4 is 17.7 Å². The molecule has 1 heterocycles. The number of rotatable bonds is 4. The maximum absolute atomic E-state index is 12.0. The van der Waals surface area contributed by atoms with Crippen LogP contribution in [0.1, 0.15) is 24.0 Å². The Morgan fingerprint density at radius 3 is 2.71 bits per heavy atom. The molecule has 1 aromatic carbocycles. The number of thioether (sulfide) groups is 1. The molecule has 1 aliphatic heterocycles. The molecule has 0 radical (unpaired) electrons. The Morgan fingerprint density at radius 1 is 1.38 bits per heavy atom. The van der Waals surface area contributed by atoms with Crippen molar-refractivity contribution in [3.8, 4) is 11.8 Å². The lowest BCUT2D eigenvalue weighted by Crippen LogP contribution is -2.51. The van der Waals surface area contributed by atoms with Crippen LogP contribution in [-0.2, 0) is 4.79 Å². The van der Waals surface area contributed by atoms with E-state index < -0.39 is 5.54 Å². The minimum absolute atomic E-state index is 0.0565. The van der Waals surface area contributed by atoms with Crippen LogP contribution in [0.25, 0.3) is 0 Å². The first-order valence-corrected chi connectivity index (χ1v) is 8.20. The minimum atomic E-state index is -0.713. The summed E-state index contributed by atoms with van der Waals surface area (Å²) in [5.41, 5.74) is 1.61. The van der Waals surface area contributed by atoms with Crippen molar-refractivity contribution < 1.29 is 9.53 Å². The van der Waals surface area contributed by atoms with Gasteiger partial charge in [0.05, 0.1) is 6.07 Å². The van der Waals surface area contributed by atoms with E-state index in [2.05, 4.69) is 11.4 Å². The van der Waals surface area contributed by atoms with Gasteiger partial charge in [0.25, 0.3) is 5.91 Å². The summed E-state index contributed by atoms with van der Waals surface area (Å²) in [6.45, 7) is 3.98. The monoisotopic (exact) mass is 304 g/mol. The molecule has 5 heteroatoms. The third kappa shape index (κ3) is 4.15. The topological polar surface area (TPSA) is 62.1 Å². The molecule has 1 fully saturated rings. The molecule has 1 saturated heterocycles. The molecular weight excluding hydrogens is 284 g/mol. The summed E-state index contributed by atoms with van der Waals surface area (Å²) >= 11 is 1.82. The van der Waals surface area contributed by atoms with Crippen molar-refractivity contribution in [1.82, 2.24) is 5.32 Å². The molecule has 0 saturated carbocycles. The van der Waals surface area contributed by atoms with Gasteiger partial charge in [0.1, 0.15) is 11.3 Å². The molecule has 1 N–H and O–H groups in total. The van der Waals surface area contributed by atoms with E-state index in [4.69, 9.17) is 4.74 Å². The number of hydrogen-bond acceptors (Lipinski definition) is 4. The molecule has 1 aromatic rings. The lowest BCUT2D eigenvalue weighted by atomic mass is 9.94. The fourth-order valence-corrected chi connectivity index (χ4v) is 3.43. The van der Waals surface area contributed by atoms with Gasteiger partial charge in [0, 0.05) is 0 Å². The van der Waals surface area contributed by atoms with Crippen molar-refractivity contribution in [2.24, 2.45) is 0 Å². The van der Waals surface area contributed by atoms with Crippen LogP contribution in [0.4, 0.5) is 0 Å². The Bertz CT molecular complexity index is 560. The minimum Gasteiger partial charge on any atom is -0.484 e. The largest absolute Gasteiger partial charge is 0.484 e. The van der Waals surface area contributed by atoms with Crippen LogP contribution < -0.4 is 10.1 Å². The first-order valence-electron chi connectivity index (χ1n) is 7.05. The molecular formula is C16H20N2O2S. The summed E-state index contributed by atoms with van der Waals surface area (Å²) in [5, 5.41) is 12.2. The molecule has 0 aromatic heterocycles. The van der Waals surface area contributed by atoms with Crippen molar-refractivity contribution in [1.29, 1.82) is 5.26 Å². The van der Waals surface area contributed by atoms with Gasteiger partial charge < -0.3 is 10.1 Å². The Kier molecular flexibility index (Phi) is 5.13. The van der Waals surface area contributed by atoms with E-state index in [1.54, 1.807) is 0 Å². The highest BCUT2D eigenvalue weighted by molar-refractivity contribution is 7.99. The predicted octanol–water partition coefficient (Wildman–Crippen LogP) is 2.59. The summed E-state index contributed by atoms with van der Waals surface area (Å²) < 4.78 is 5.51. The Balaban J connectivity index is 1.89. The van der Waals surface area contributed by atoms with E-state index >= 15 is 0 Å². The maximum Gasteiger partial charge on any atom is 0.259 e. The summed E-state index contributed by atoms with van der Waals surface area (Å²) in [7, 11) is 0. The zero-order chi connectivity index (χ0) is 15.3. The predicted molar refractivity (Wildman–Crippen MR) is 84.5 cm³/mol. The normalized spacial score (nSPS) is 16.8. The fraction of sp³-hybridized carbons (Fsp3) is 0.500. The highest BCUT2D eigenvalue weighted by atomic mass is 32.2. The summed E-state index contributed by atoms with van der Waals surface area (Å²) in [5.74, 6) is 2.26. The second-order valence-corrected chi connectivity index (χ2v) is 6.61. The van der Waals surface area contributed by atoms with Crippen LogP contribution >= 0.6 is 11.8 Å². The molecule has 0 aliphatic carbocycles. The second-order valence-electron chi connectivity index (χ2n) is 5.39. The van der Waals surface area contributed by atoms with Gasteiger partial charge in [0.2, 0.25) is 0 Å². The van der Waals surface area contributed by atoms with Crippen molar-refractivity contribution in [3.05, 3.63) is 29.3 Å². The second kappa shape index (κ2) is 6.86. The van der Waals surface area contributed by atoms with Gasteiger partial charge in [-0.2, -0.15) is 17.0 Å². The smallest absolute Gasteiger partial charge is 0.259 e. The van der Waals surface area contributed by atoms with E-state index in [1.165, 1.54) is 5.56 Å². The molecule has 0 spiro atoms. The Morgan fingerprint density at radius 2 is 2.10 bits per heavy atom. The van der Waals surface area contributed by atoms with Gasteiger partial charge in [-0.3, -0.25) is 4.79 Å². The van der Waals surface area contributed by atoms with E-state index in [-0.39, 0.29) is 12.5 Å². The first kappa shape index (κ1) is 15.7. The number of nitriles is 1. The third-order valence-corrected chi connectivity index (χ3v) is 4.77. The van der Waals surface area contributed by atoms with Crippen LogP contribution in [0.2, 0.25) is 0 Å². The molecule has 4 nitrogen and oxygen atoms in total. The number of carbonyl (C=O) groups excluding carboxylic acids is 1. The quantitative estimate of drug-likeness (QED) is 0.928. The molecule has 2 rings (SSSR count). The zero-order valence-electron chi connectivity index (χ0n) is 12.4. The highest BCUT2D eigenvalue weighted by Crippen LogP contribution is 2.26. The summed E-state index contributed by atoms with van der Waals surface area (Å²) in [6.07, 6.45) is 1.40. The number of nitrogens with one attached hydrogen (secondary N) is 1. The van der Waals surface area contributed by atoms with Gasteiger partial charge in [-0.1, -0.05) is 6.07 Å². The molecule has 0 atom stereocenters. The summed E-state index contributed by atoms with van der Waals surface area (Å²) in [4.78, 5) is 12.0. The van der Waals surface area contributed by atoms with Crippen LogP contribution in [0, 0.1) is 25.2 Å². The number of aryl methyl sites for hydroxylation is 2. The lowest BCUT2D eigenvalue weighted by molar-refractivity contribution is -0.124. The first-order chi connectivity index (χ1) is 10.0.